The number of rotatable bonds is 8. The molecular weight excluding hydrogens is 324 g/mol. The van der Waals surface area contributed by atoms with Crippen molar-refractivity contribution in [1.82, 2.24) is 9.97 Å². The van der Waals surface area contributed by atoms with Crippen molar-refractivity contribution in [2.45, 2.75) is 20.0 Å². The Labute approximate surface area is 145 Å². The molecule has 2 heterocycles. The number of hydrogen-bond acceptors (Lipinski definition) is 6. The van der Waals surface area contributed by atoms with Gasteiger partial charge in [-0.05, 0) is 32.0 Å². The third-order valence-electron chi connectivity index (χ3n) is 3.06. The summed E-state index contributed by atoms with van der Waals surface area (Å²) in [7, 11) is 1.52. The summed E-state index contributed by atoms with van der Waals surface area (Å²) in [6.45, 7) is 3.62. The molecule has 2 rings (SSSR count). The fourth-order valence-electron chi connectivity index (χ4n) is 2.00. The van der Waals surface area contributed by atoms with Crippen LogP contribution in [0.4, 0.5) is 11.6 Å². The monoisotopic (exact) mass is 344 g/mol. The first-order chi connectivity index (χ1) is 12.0. The first-order valence-electron chi connectivity index (χ1n) is 7.66. The minimum atomic E-state index is -0.404. The van der Waals surface area contributed by atoms with E-state index in [1.54, 1.807) is 24.3 Å². The maximum atomic E-state index is 12.2. The molecule has 0 radical (unpaired) electrons. The van der Waals surface area contributed by atoms with Crippen molar-refractivity contribution < 1.29 is 19.1 Å². The average molecular weight is 344 g/mol. The van der Waals surface area contributed by atoms with Crippen molar-refractivity contribution in [1.29, 1.82) is 0 Å². The molecule has 0 fully saturated rings. The van der Waals surface area contributed by atoms with Gasteiger partial charge >= 0.3 is 0 Å². The van der Waals surface area contributed by atoms with Gasteiger partial charge in [0.25, 0.3) is 0 Å². The highest BCUT2D eigenvalue weighted by Crippen LogP contribution is 2.17. The fraction of sp³-hybridized carbons (Fsp3) is 0.294. The van der Waals surface area contributed by atoms with E-state index < -0.39 is 5.91 Å². The Hall–Kier alpha value is -3.16. The molecule has 0 spiro atoms. The van der Waals surface area contributed by atoms with Crippen LogP contribution in [0.3, 0.4) is 0 Å². The van der Waals surface area contributed by atoms with Gasteiger partial charge in [0.1, 0.15) is 29.7 Å². The zero-order valence-corrected chi connectivity index (χ0v) is 14.3. The number of anilines is 2. The van der Waals surface area contributed by atoms with E-state index in [2.05, 4.69) is 15.3 Å². The van der Waals surface area contributed by atoms with Gasteiger partial charge in [0.2, 0.25) is 12.3 Å². The standard InChI is InChI=1S/C17H20N4O4/c1-12(2)25-13-6-7-18-15(8-13)20-17(23)10-21(11-22)16-5-4-14(24-3)9-19-16/h4-9,11-12H,10H2,1-3H3,(H,18,20,23). The molecule has 0 bridgehead atoms. The van der Waals surface area contributed by atoms with Crippen LogP contribution >= 0.6 is 0 Å². The van der Waals surface area contributed by atoms with E-state index in [9.17, 15) is 9.59 Å². The summed E-state index contributed by atoms with van der Waals surface area (Å²) in [5.74, 6) is 1.45. The lowest BCUT2D eigenvalue weighted by atomic mass is 10.4. The number of ether oxygens (including phenoxy) is 2. The molecule has 2 aromatic rings. The minimum Gasteiger partial charge on any atom is -0.495 e. The maximum absolute atomic E-state index is 12.2. The van der Waals surface area contributed by atoms with E-state index in [1.165, 1.54) is 24.4 Å². The third-order valence-corrected chi connectivity index (χ3v) is 3.06. The van der Waals surface area contributed by atoms with Crippen LogP contribution in [0, 0.1) is 0 Å². The molecule has 2 amide bonds. The van der Waals surface area contributed by atoms with E-state index in [1.807, 2.05) is 13.8 Å². The normalized spacial score (nSPS) is 10.2. The first-order valence-corrected chi connectivity index (χ1v) is 7.66. The molecule has 0 aromatic carbocycles. The zero-order valence-electron chi connectivity index (χ0n) is 14.3. The Morgan fingerprint density at radius 2 is 2.08 bits per heavy atom. The highest BCUT2D eigenvalue weighted by atomic mass is 16.5. The van der Waals surface area contributed by atoms with Crippen LogP contribution in [-0.4, -0.2) is 42.0 Å². The van der Waals surface area contributed by atoms with Gasteiger partial charge in [0.05, 0.1) is 19.4 Å². The third kappa shape index (κ3) is 5.45. The van der Waals surface area contributed by atoms with Crippen LogP contribution in [0.15, 0.2) is 36.7 Å². The fourth-order valence-corrected chi connectivity index (χ4v) is 2.00. The lowest BCUT2D eigenvalue weighted by Crippen LogP contribution is -2.32. The number of pyridine rings is 2. The Kier molecular flexibility index (Phi) is 6.27. The molecule has 0 saturated heterocycles. The quantitative estimate of drug-likeness (QED) is 0.735. The highest BCUT2D eigenvalue weighted by molar-refractivity contribution is 5.96. The average Bonchev–Trinajstić information content (AvgIpc) is 2.59. The van der Waals surface area contributed by atoms with E-state index in [4.69, 9.17) is 9.47 Å². The number of nitrogens with one attached hydrogen (secondary N) is 1. The molecule has 0 aliphatic carbocycles. The Balaban J connectivity index is 2.01. The van der Waals surface area contributed by atoms with Gasteiger partial charge in [-0.3, -0.25) is 14.5 Å². The molecule has 2 aromatic heterocycles. The van der Waals surface area contributed by atoms with Crippen molar-refractivity contribution in [3.05, 3.63) is 36.7 Å². The topological polar surface area (TPSA) is 93.7 Å². The molecule has 0 atom stereocenters. The van der Waals surface area contributed by atoms with Crippen LogP contribution < -0.4 is 19.7 Å². The van der Waals surface area contributed by atoms with Gasteiger partial charge in [-0.1, -0.05) is 0 Å². The summed E-state index contributed by atoms with van der Waals surface area (Å²) in [4.78, 5) is 32.8. The summed E-state index contributed by atoms with van der Waals surface area (Å²) in [6.07, 6.45) is 3.56. The lowest BCUT2D eigenvalue weighted by Gasteiger charge is -2.16. The van der Waals surface area contributed by atoms with Gasteiger partial charge in [-0.15, -0.1) is 0 Å². The predicted octanol–water partition coefficient (Wildman–Crippen LogP) is 1.87. The van der Waals surface area contributed by atoms with Crippen molar-refractivity contribution in [2.24, 2.45) is 0 Å². The Bertz CT molecular complexity index is 719. The molecule has 8 heteroatoms. The molecule has 132 valence electrons. The van der Waals surface area contributed by atoms with E-state index in [0.29, 0.717) is 29.5 Å². The maximum Gasteiger partial charge on any atom is 0.245 e. The SMILES string of the molecule is COc1ccc(N(C=O)CC(=O)Nc2cc(OC(C)C)ccn2)nc1. The smallest absolute Gasteiger partial charge is 0.245 e. The van der Waals surface area contributed by atoms with Crippen LogP contribution in [0.25, 0.3) is 0 Å². The molecule has 0 unspecified atom stereocenters. The summed E-state index contributed by atoms with van der Waals surface area (Å²) >= 11 is 0. The van der Waals surface area contributed by atoms with Crippen LogP contribution in [-0.2, 0) is 9.59 Å². The largest absolute Gasteiger partial charge is 0.495 e. The number of carbonyl (C=O) groups excluding carboxylic acids is 2. The molecule has 25 heavy (non-hydrogen) atoms. The number of aromatic nitrogens is 2. The molecule has 1 N–H and O–H groups in total. The van der Waals surface area contributed by atoms with Gasteiger partial charge in [-0.25, -0.2) is 9.97 Å². The number of hydrogen-bond donors (Lipinski definition) is 1. The molecule has 0 aliphatic rings. The van der Waals surface area contributed by atoms with Gasteiger partial charge in [0, 0.05) is 12.3 Å². The van der Waals surface area contributed by atoms with Crippen LogP contribution in [0.2, 0.25) is 0 Å². The van der Waals surface area contributed by atoms with E-state index >= 15 is 0 Å². The molecule has 0 saturated carbocycles. The van der Waals surface area contributed by atoms with E-state index in [0.717, 1.165) is 0 Å². The molecule has 0 aliphatic heterocycles. The summed E-state index contributed by atoms with van der Waals surface area (Å²) in [6, 6.07) is 6.57. The van der Waals surface area contributed by atoms with Crippen molar-refractivity contribution in [3.63, 3.8) is 0 Å². The molecule has 8 nitrogen and oxygen atoms in total. The van der Waals surface area contributed by atoms with Crippen molar-refractivity contribution in [3.8, 4) is 11.5 Å². The number of nitrogens with zero attached hydrogens (tertiary/aromatic N) is 3. The molecular formula is C17H20N4O4. The second kappa shape index (κ2) is 8.62. The minimum absolute atomic E-state index is 0.0117. The highest BCUT2D eigenvalue weighted by Gasteiger charge is 2.13. The first kappa shape index (κ1) is 18.2. The number of amides is 2. The lowest BCUT2D eigenvalue weighted by molar-refractivity contribution is -0.116. The number of methoxy groups -OCH3 is 1. The summed E-state index contributed by atoms with van der Waals surface area (Å²) in [5, 5.41) is 2.63. The van der Waals surface area contributed by atoms with Crippen LogP contribution in [0.5, 0.6) is 11.5 Å². The Morgan fingerprint density at radius 1 is 1.28 bits per heavy atom. The van der Waals surface area contributed by atoms with Crippen LogP contribution in [0.1, 0.15) is 13.8 Å². The van der Waals surface area contributed by atoms with E-state index in [-0.39, 0.29) is 12.6 Å². The summed E-state index contributed by atoms with van der Waals surface area (Å²) < 4.78 is 10.6. The van der Waals surface area contributed by atoms with Crippen molar-refractivity contribution >= 4 is 24.0 Å². The Morgan fingerprint density at radius 3 is 2.68 bits per heavy atom. The predicted molar refractivity (Wildman–Crippen MR) is 92.8 cm³/mol. The van der Waals surface area contributed by atoms with Gasteiger partial charge in [0.15, 0.2) is 0 Å². The second-order valence-corrected chi connectivity index (χ2v) is 5.38. The van der Waals surface area contributed by atoms with Crippen molar-refractivity contribution in [2.75, 3.05) is 23.9 Å². The van der Waals surface area contributed by atoms with Gasteiger partial charge < -0.3 is 14.8 Å². The zero-order chi connectivity index (χ0) is 18.2. The summed E-state index contributed by atoms with van der Waals surface area (Å²) in [5.41, 5.74) is 0. The second-order valence-electron chi connectivity index (χ2n) is 5.38. The number of carbonyl (C=O) groups is 2. The van der Waals surface area contributed by atoms with Gasteiger partial charge in [-0.2, -0.15) is 0 Å².